The molecule has 0 radical (unpaired) electrons. The molecule has 9 nitrogen and oxygen atoms in total. The van der Waals surface area contributed by atoms with E-state index in [2.05, 4.69) is 15.8 Å². The van der Waals surface area contributed by atoms with Gasteiger partial charge in [0.2, 0.25) is 5.88 Å². The number of rotatable bonds is 10. The Hall–Kier alpha value is -3.84. The van der Waals surface area contributed by atoms with E-state index in [9.17, 15) is 27.2 Å². The number of likely N-dealkylation sites (N-methyl/N-ethyl adjacent to an activating group) is 1. The van der Waals surface area contributed by atoms with Crippen LogP contribution in [0.5, 0.6) is 0 Å². The number of nitrogens with two attached hydrogens (primary N) is 1. The third-order valence-corrected chi connectivity index (χ3v) is 5.85. The molecule has 14 heteroatoms. The van der Waals surface area contributed by atoms with Gasteiger partial charge < -0.3 is 25.2 Å². The van der Waals surface area contributed by atoms with Gasteiger partial charge in [-0.1, -0.05) is 41.0 Å². The molecule has 0 saturated carbocycles. The SMILES string of the molecule is CN(C(=O)NCc1cccc(F)c1Cl)[C@@H](COC(=O)Nc1cc(-c2cccc(F)c2)no1)CC(F)(F)CN. The maximum atomic E-state index is 14.1. The summed E-state index contributed by atoms with van der Waals surface area (Å²) >= 11 is 5.87. The van der Waals surface area contributed by atoms with Crippen LogP contribution in [0.1, 0.15) is 12.0 Å². The first-order valence-electron chi connectivity index (χ1n) is 11.2. The Labute approximate surface area is 219 Å². The van der Waals surface area contributed by atoms with Crippen molar-refractivity contribution in [2.75, 3.05) is 25.5 Å². The van der Waals surface area contributed by atoms with Crippen molar-refractivity contribution in [3.63, 3.8) is 0 Å². The van der Waals surface area contributed by atoms with Crippen LogP contribution in [0, 0.1) is 11.6 Å². The summed E-state index contributed by atoms with van der Waals surface area (Å²) < 4.78 is 65.2. The van der Waals surface area contributed by atoms with Gasteiger partial charge in [0.25, 0.3) is 5.92 Å². The Morgan fingerprint density at radius 1 is 1.21 bits per heavy atom. The minimum absolute atomic E-state index is 0.142. The summed E-state index contributed by atoms with van der Waals surface area (Å²) in [5, 5.41) is 8.23. The first-order chi connectivity index (χ1) is 18.0. The number of hydrogen-bond acceptors (Lipinski definition) is 6. The van der Waals surface area contributed by atoms with Crippen molar-refractivity contribution in [3.05, 3.63) is 70.8 Å². The highest BCUT2D eigenvalue weighted by Gasteiger charge is 2.35. The smallest absolute Gasteiger partial charge is 0.414 e. The Bertz CT molecular complexity index is 1280. The minimum Gasteiger partial charge on any atom is -0.447 e. The van der Waals surface area contributed by atoms with Crippen molar-refractivity contribution in [3.8, 4) is 11.3 Å². The van der Waals surface area contributed by atoms with Gasteiger partial charge in [0.1, 0.15) is 23.9 Å². The first kappa shape index (κ1) is 28.7. The second-order valence-electron chi connectivity index (χ2n) is 8.21. The number of hydrogen-bond donors (Lipinski definition) is 3. The van der Waals surface area contributed by atoms with E-state index in [4.69, 9.17) is 26.6 Å². The molecule has 3 amide bonds. The summed E-state index contributed by atoms with van der Waals surface area (Å²) in [6.45, 7) is -1.80. The van der Waals surface area contributed by atoms with Crippen LogP contribution in [0.4, 0.5) is 33.0 Å². The van der Waals surface area contributed by atoms with E-state index < -0.39 is 55.3 Å². The molecule has 1 heterocycles. The molecule has 0 aliphatic carbocycles. The summed E-state index contributed by atoms with van der Waals surface area (Å²) in [6, 6.07) is 8.76. The van der Waals surface area contributed by atoms with E-state index in [0.29, 0.717) is 5.56 Å². The number of nitrogens with one attached hydrogen (secondary N) is 2. The summed E-state index contributed by atoms with van der Waals surface area (Å²) in [5.41, 5.74) is 6.03. The highest BCUT2D eigenvalue weighted by molar-refractivity contribution is 6.31. The Morgan fingerprint density at radius 3 is 2.66 bits per heavy atom. The molecule has 2 aromatic carbocycles. The van der Waals surface area contributed by atoms with Crippen molar-refractivity contribution in [2.45, 2.75) is 24.9 Å². The number of carbonyl (C=O) groups excluding carboxylic acids is 2. The van der Waals surface area contributed by atoms with Gasteiger partial charge in [0.15, 0.2) is 0 Å². The van der Waals surface area contributed by atoms with Crippen LogP contribution in [0.2, 0.25) is 5.02 Å². The molecular weight excluding hydrogens is 534 g/mol. The lowest BCUT2D eigenvalue weighted by Gasteiger charge is -2.30. The van der Waals surface area contributed by atoms with Crippen LogP contribution in [-0.4, -0.2) is 54.3 Å². The van der Waals surface area contributed by atoms with Crippen molar-refractivity contribution in [1.82, 2.24) is 15.4 Å². The van der Waals surface area contributed by atoms with Crippen molar-refractivity contribution in [2.24, 2.45) is 5.73 Å². The highest BCUT2D eigenvalue weighted by Crippen LogP contribution is 2.24. The molecule has 0 fully saturated rings. The maximum absolute atomic E-state index is 14.1. The fourth-order valence-corrected chi connectivity index (χ4v) is 3.50. The molecule has 3 aromatic rings. The molecule has 4 N–H and O–H groups in total. The third kappa shape index (κ3) is 7.83. The van der Waals surface area contributed by atoms with Gasteiger partial charge in [-0.25, -0.2) is 27.2 Å². The standard InChI is InChI=1S/C24H24ClF4N5O4/c1-34(22(35)31-11-15-5-3-7-18(27)21(15)25)17(10-24(28,29)13-30)12-37-23(36)32-20-9-19(33-38-20)14-4-2-6-16(26)8-14/h2-9,17H,10-13,30H2,1H3,(H,31,35)(H,32,36)/t17-/m1/s1. The zero-order chi connectivity index (χ0) is 27.9. The fourth-order valence-electron chi connectivity index (χ4n) is 3.31. The molecule has 0 aliphatic rings. The quantitative estimate of drug-likeness (QED) is 0.301. The van der Waals surface area contributed by atoms with Crippen LogP contribution in [0.25, 0.3) is 11.3 Å². The molecule has 204 valence electrons. The van der Waals surface area contributed by atoms with E-state index in [1.165, 1.54) is 43.4 Å². The number of anilines is 1. The van der Waals surface area contributed by atoms with Crippen molar-refractivity contribution >= 4 is 29.6 Å². The number of carbonyl (C=O) groups is 2. The summed E-state index contributed by atoms with van der Waals surface area (Å²) in [4.78, 5) is 25.8. The molecule has 0 unspecified atom stereocenters. The predicted molar refractivity (Wildman–Crippen MR) is 131 cm³/mol. The lowest BCUT2D eigenvalue weighted by molar-refractivity contribution is -0.0260. The molecule has 0 aliphatic heterocycles. The zero-order valence-electron chi connectivity index (χ0n) is 20.0. The van der Waals surface area contributed by atoms with Crippen molar-refractivity contribution < 1.29 is 36.4 Å². The summed E-state index contributed by atoms with van der Waals surface area (Å²) in [6.07, 6.45) is -1.98. The first-order valence-corrected chi connectivity index (χ1v) is 11.5. The maximum Gasteiger partial charge on any atom is 0.414 e. The zero-order valence-corrected chi connectivity index (χ0v) is 20.8. The molecule has 3 rings (SSSR count). The van der Waals surface area contributed by atoms with Gasteiger partial charge in [-0.15, -0.1) is 0 Å². The normalized spacial score (nSPS) is 12.1. The molecule has 1 atom stereocenters. The molecule has 0 bridgehead atoms. The second-order valence-corrected chi connectivity index (χ2v) is 8.59. The minimum atomic E-state index is -3.37. The molecule has 1 aromatic heterocycles. The Kier molecular flexibility index (Phi) is 9.53. The number of aromatic nitrogens is 1. The van der Waals surface area contributed by atoms with Crippen LogP contribution in [0.15, 0.2) is 53.1 Å². The average Bonchev–Trinajstić information content (AvgIpc) is 3.35. The van der Waals surface area contributed by atoms with Gasteiger partial charge in [0, 0.05) is 31.6 Å². The van der Waals surface area contributed by atoms with Gasteiger partial charge >= 0.3 is 12.1 Å². The molecular formula is C24H24ClF4N5O4. The summed E-state index contributed by atoms with van der Waals surface area (Å²) in [5.74, 6) is -4.68. The van der Waals surface area contributed by atoms with E-state index in [1.54, 1.807) is 6.07 Å². The average molecular weight is 558 g/mol. The third-order valence-electron chi connectivity index (χ3n) is 5.43. The number of alkyl halides is 2. The lowest BCUT2D eigenvalue weighted by atomic mass is 10.1. The fraction of sp³-hybridized carbons (Fsp3) is 0.292. The van der Waals surface area contributed by atoms with Crippen LogP contribution in [0.3, 0.4) is 0 Å². The van der Waals surface area contributed by atoms with Gasteiger partial charge in [-0.3, -0.25) is 5.32 Å². The monoisotopic (exact) mass is 557 g/mol. The predicted octanol–water partition coefficient (Wildman–Crippen LogP) is 5.02. The number of ether oxygens (including phenoxy) is 1. The molecule has 38 heavy (non-hydrogen) atoms. The van der Waals surface area contributed by atoms with E-state index >= 15 is 0 Å². The molecule has 0 spiro atoms. The number of halogens is 5. The van der Waals surface area contributed by atoms with Gasteiger partial charge in [-0.05, 0) is 23.8 Å². The number of urea groups is 1. The van der Waals surface area contributed by atoms with E-state index in [0.717, 1.165) is 11.0 Å². The van der Waals surface area contributed by atoms with Gasteiger partial charge in [-0.2, -0.15) is 0 Å². The van der Waals surface area contributed by atoms with Gasteiger partial charge in [0.05, 0.1) is 17.6 Å². The van der Waals surface area contributed by atoms with Crippen LogP contribution < -0.4 is 16.4 Å². The topological polar surface area (TPSA) is 123 Å². The Morgan fingerprint density at radius 2 is 1.95 bits per heavy atom. The second kappa shape index (κ2) is 12.6. The summed E-state index contributed by atoms with van der Waals surface area (Å²) in [7, 11) is 1.22. The largest absolute Gasteiger partial charge is 0.447 e. The van der Waals surface area contributed by atoms with Crippen LogP contribution in [-0.2, 0) is 11.3 Å². The highest BCUT2D eigenvalue weighted by atomic mass is 35.5. The number of nitrogens with zero attached hydrogens (tertiary/aromatic N) is 2. The molecule has 0 saturated heterocycles. The number of benzene rings is 2. The number of amides is 3. The van der Waals surface area contributed by atoms with Crippen molar-refractivity contribution in [1.29, 1.82) is 0 Å². The Balaban J connectivity index is 1.61. The van der Waals surface area contributed by atoms with E-state index in [-0.39, 0.29) is 28.7 Å². The lowest BCUT2D eigenvalue weighted by Crippen LogP contribution is -2.49. The van der Waals surface area contributed by atoms with E-state index in [1.807, 2.05) is 0 Å². The van der Waals surface area contributed by atoms with Crippen LogP contribution >= 0.6 is 11.6 Å².